The van der Waals surface area contributed by atoms with E-state index < -0.39 is 0 Å². The molecule has 0 spiro atoms. The summed E-state index contributed by atoms with van der Waals surface area (Å²) < 4.78 is 8.27. The number of nitrogens with zero attached hydrogens (tertiary/aromatic N) is 5. The summed E-state index contributed by atoms with van der Waals surface area (Å²) in [5.41, 5.74) is 2.97. The molecule has 0 atom stereocenters. The Morgan fingerprint density at radius 2 is 1.68 bits per heavy atom. The minimum Gasteiger partial charge on any atom is -0.367 e. The van der Waals surface area contributed by atoms with Gasteiger partial charge in [-0.1, -0.05) is 0 Å². The standard InChI is InChI=1S/C18H16N8OS/c27-18(12-1-2-14-15(11-12)26-28-25-14)21-10-9-20-16-3-4-17(24-23-16)22-13-5-7-19-8-6-13/h1-8,11H,9-10H2,(H,20,23)(H,21,27)(H,19,22,24). The topological polar surface area (TPSA) is 118 Å². The summed E-state index contributed by atoms with van der Waals surface area (Å²) in [6, 6.07) is 12.6. The quantitative estimate of drug-likeness (QED) is 0.411. The van der Waals surface area contributed by atoms with Crippen molar-refractivity contribution < 1.29 is 4.79 Å². The molecule has 0 aliphatic carbocycles. The summed E-state index contributed by atoms with van der Waals surface area (Å²) in [5.74, 6) is 1.11. The normalized spacial score (nSPS) is 10.6. The second-order valence-electron chi connectivity index (χ2n) is 5.82. The van der Waals surface area contributed by atoms with Gasteiger partial charge < -0.3 is 16.0 Å². The van der Waals surface area contributed by atoms with Crippen molar-refractivity contribution in [2.45, 2.75) is 0 Å². The van der Waals surface area contributed by atoms with E-state index in [9.17, 15) is 4.79 Å². The first kappa shape index (κ1) is 17.7. The number of fused-ring (bicyclic) bond motifs is 1. The lowest BCUT2D eigenvalue weighted by atomic mass is 10.2. The highest BCUT2D eigenvalue weighted by molar-refractivity contribution is 7.00. The average molecular weight is 392 g/mol. The molecule has 140 valence electrons. The van der Waals surface area contributed by atoms with Gasteiger partial charge in [0.25, 0.3) is 5.91 Å². The van der Waals surface area contributed by atoms with Gasteiger partial charge in [-0.25, -0.2) is 0 Å². The molecule has 0 bridgehead atoms. The second kappa shape index (κ2) is 8.35. The summed E-state index contributed by atoms with van der Waals surface area (Å²) >= 11 is 1.13. The molecule has 10 heteroatoms. The molecule has 0 unspecified atom stereocenters. The summed E-state index contributed by atoms with van der Waals surface area (Å²) in [4.78, 5) is 16.2. The van der Waals surface area contributed by atoms with Gasteiger partial charge in [-0.15, -0.1) is 10.2 Å². The van der Waals surface area contributed by atoms with Crippen LogP contribution in [0.1, 0.15) is 10.4 Å². The van der Waals surface area contributed by atoms with Crippen LogP contribution < -0.4 is 16.0 Å². The first-order valence-electron chi connectivity index (χ1n) is 8.53. The molecule has 4 aromatic rings. The number of pyridine rings is 1. The molecule has 3 N–H and O–H groups in total. The molecule has 9 nitrogen and oxygen atoms in total. The molecule has 0 saturated carbocycles. The van der Waals surface area contributed by atoms with Crippen molar-refractivity contribution in [3.8, 4) is 0 Å². The van der Waals surface area contributed by atoms with Gasteiger partial charge in [0, 0.05) is 36.7 Å². The van der Waals surface area contributed by atoms with Crippen molar-refractivity contribution in [2.75, 3.05) is 23.7 Å². The van der Waals surface area contributed by atoms with Crippen LogP contribution in [0.5, 0.6) is 0 Å². The Morgan fingerprint density at radius 1 is 0.893 bits per heavy atom. The smallest absolute Gasteiger partial charge is 0.251 e. The van der Waals surface area contributed by atoms with Crippen LogP contribution >= 0.6 is 11.7 Å². The van der Waals surface area contributed by atoms with E-state index in [1.165, 1.54) is 0 Å². The molecule has 0 aliphatic heterocycles. The van der Waals surface area contributed by atoms with Gasteiger partial charge in [0.1, 0.15) is 16.9 Å². The van der Waals surface area contributed by atoms with Gasteiger partial charge in [-0.3, -0.25) is 9.78 Å². The van der Waals surface area contributed by atoms with Gasteiger partial charge in [-0.05, 0) is 42.5 Å². The van der Waals surface area contributed by atoms with E-state index in [-0.39, 0.29) is 5.91 Å². The minimum absolute atomic E-state index is 0.153. The number of carbonyl (C=O) groups excluding carboxylic acids is 1. The zero-order valence-electron chi connectivity index (χ0n) is 14.7. The number of hydrogen-bond donors (Lipinski definition) is 3. The lowest BCUT2D eigenvalue weighted by Gasteiger charge is -2.08. The number of nitrogens with one attached hydrogen (secondary N) is 3. The van der Waals surface area contributed by atoms with Gasteiger partial charge >= 0.3 is 0 Å². The number of anilines is 3. The lowest BCUT2D eigenvalue weighted by Crippen LogP contribution is -2.28. The SMILES string of the molecule is O=C(NCCNc1ccc(Nc2ccncc2)nn1)c1ccc2nsnc2c1. The summed E-state index contributed by atoms with van der Waals surface area (Å²) in [6.45, 7) is 0.975. The maximum atomic E-state index is 12.2. The van der Waals surface area contributed by atoms with Gasteiger partial charge in [-0.2, -0.15) is 8.75 Å². The van der Waals surface area contributed by atoms with Gasteiger partial charge in [0.05, 0.1) is 11.7 Å². The minimum atomic E-state index is -0.153. The Morgan fingerprint density at radius 3 is 2.50 bits per heavy atom. The maximum absolute atomic E-state index is 12.2. The van der Waals surface area contributed by atoms with Crippen molar-refractivity contribution in [3.63, 3.8) is 0 Å². The number of aromatic nitrogens is 5. The van der Waals surface area contributed by atoms with Crippen LogP contribution in [0.4, 0.5) is 17.3 Å². The van der Waals surface area contributed by atoms with E-state index in [4.69, 9.17) is 0 Å². The first-order valence-corrected chi connectivity index (χ1v) is 9.26. The number of benzene rings is 1. The van der Waals surface area contributed by atoms with Crippen LogP contribution in [0.2, 0.25) is 0 Å². The van der Waals surface area contributed by atoms with E-state index in [0.29, 0.717) is 30.3 Å². The predicted molar refractivity (Wildman–Crippen MR) is 108 cm³/mol. The van der Waals surface area contributed by atoms with E-state index in [0.717, 1.165) is 28.4 Å². The first-order chi connectivity index (χ1) is 13.8. The average Bonchev–Trinajstić information content (AvgIpc) is 3.21. The van der Waals surface area contributed by atoms with Crippen molar-refractivity contribution in [3.05, 3.63) is 60.4 Å². The highest BCUT2D eigenvalue weighted by atomic mass is 32.1. The van der Waals surface area contributed by atoms with E-state index in [1.807, 2.05) is 24.3 Å². The third kappa shape index (κ3) is 4.35. The second-order valence-corrected chi connectivity index (χ2v) is 6.34. The number of rotatable bonds is 7. The van der Waals surface area contributed by atoms with Crippen LogP contribution in [0.15, 0.2) is 54.9 Å². The van der Waals surface area contributed by atoms with Crippen molar-refractivity contribution in [1.29, 1.82) is 0 Å². The highest BCUT2D eigenvalue weighted by Crippen LogP contribution is 2.14. The molecular weight excluding hydrogens is 376 g/mol. The Bertz CT molecular complexity index is 1070. The zero-order valence-corrected chi connectivity index (χ0v) is 15.5. The van der Waals surface area contributed by atoms with Crippen molar-refractivity contribution >= 4 is 46.0 Å². The van der Waals surface area contributed by atoms with Gasteiger partial charge in [0.15, 0.2) is 5.82 Å². The Balaban J connectivity index is 1.24. The van der Waals surface area contributed by atoms with E-state index in [2.05, 4.69) is 39.9 Å². The van der Waals surface area contributed by atoms with Crippen LogP contribution in [-0.4, -0.2) is 42.9 Å². The Hall–Kier alpha value is -3.66. The number of carbonyl (C=O) groups is 1. The molecule has 0 fully saturated rings. The summed E-state index contributed by atoms with van der Waals surface area (Å²) in [7, 11) is 0. The Labute approximate surface area is 164 Å². The third-order valence-corrected chi connectivity index (χ3v) is 4.41. The largest absolute Gasteiger partial charge is 0.367 e. The molecule has 3 heterocycles. The summed E-state index contributed by atoms with van der Waals surface area (Å²) in [5, 5.41) is 17.3. The highest BCUT2D eigenvalue weighted by Gasteiger charge is 2.07. The molecule has 28 heavy (non-hydrogen) atoms. The van der Waals surface area contributed by atoms with Crippen LogP contribution in [0.3, 0.4) is 0 Å². The van der Waals surface area contributed by atoms with Crippen LogP contribution in [-0.2, 0) is 0 Å². The monoisotopic (exact) mass is 392 g/mol. The molecule has 0 radical (unpaired) electrons. The summed E-state index contributed by atoms with van der Waals surface area (Å²) in [6.07, 6.45) is 3.40. The van der Waals surface area contributed by atoms with Crippen molar-refractivity contribution in [1.82, 2.24) is 29.2 Å². The van der Waals surface area contributed by atoms with E-state index in [1.54, 1.807) is 30.6 Å². The fraction of sp³-hybridized carbons (Fsp3) is 0.111. The van der Waals surface area contributed by atoms with Crippen LogP contribution in [0.25, 0.3) is 11.0 Å². The predicted octanol–water partition coefficient (Wildman–Crippen LogP) is 2.46. The molecule has 0 saturated heterocycles. The fourth-order valence-electron chi connectivity index (χ4n) is 2.47. The molecule has 1 aromatic carbocycles. The number of hydrogen-bond acceptors (Lipinski definition) is 9. The lowest BCUT2D eigenvalue weighted by molar-refractivity contribution is 0.0955. The van der Waals surface area contributed by atoms with E-state index >= 15 is 0 Å². The molecule has 4 rings (SSSR count). The Kier molecular flexibility index (Phi) is 5.29. The molecule has 3 aromatic heterocycles. The number of amides is 1. The zero-order chi connectivity index (χ0) is 19.2. The van der Waals surface area contributed by atoms with Crippen molar-refractivity contribution in [2.24, 2.45) is 0 Å². The van der Waals surface area contributed by atoms with Crippen LogP contribution in [0, 0.1) is 0 Å². The fourth-order valence-corrected chi connectivity index (χ4v) is 2.99. The molecular formula is C18H16N8OS. The molecule has 1 amide bonds. The third-order valence-electron chi connectivity index (χ3n) is 3.85. The molecule has 0 aliphatic rings. The maximum Gasteiger partial charge on any atom is 0.251 e. The van der Waals surface area contributed by atoms with Gasteiger partial charge in [0.2, 0.25) is 0 Å².